The molecule has 3 N–H and O–H groups in total. The highest BCUT2D eigenvalue weighted by Crippen LogP contribution is 2.70. The number of nitrogens with zero attached hydrogens (tertiary/aromatic N) is 2. The number of aliphatic hydroxyl groups is 1. The number of carboxylic acids is 1. The molecule has 3 fully saturated rings. The summed E-state index contributed by atoms with van der Waals surface area (Å²) in [5, 5.41) is 22.5. The Morgan fingerprint density at radius 2 is 1.64 bits per heavy atom. The van der Waals surface area contributed by atoms with E-state index >= 15 is 0 Å². The molecule has 1 atom stereocenters. The molecule has 2 heterocycles. The minimum atomic E-state index is -1.16. The molecule has 1 spiro atoms. The van der Waals surface area contributed by atoms with E-state index in [9.17, 15) is 19.8 Å². The predicted molar refractivity (Wildman–Crippen MR) is 123 cm³/mol. The Morgan fingerprint density at radius 3 is 2.27 bits per heavy atom. The first kappa shape index (κ1) is 20.7. The fourth-order valence-electron chi connectivity index (χ4n) is 6.11. The van der Waals surface area contributed by atoms with Crippen LogP contribution >= 0.6 is 0 Å². The zero-order valence-corrected chi connectivity index (χ0v) is 18.8. The minimum absolute atomic E-state index is 0.182. The Kier molecular flexibility index (Phi) is 4.27. The van der Waals surface area contributed by atoms with Crippen LogP contribution in [0.1, 0.15) is 43.2 Å². The number of anilines is 1. The summed E-state index contributed by atoms with van der Waals surface area (Å²) in [5.74, 6) is -0.959. The Morgan fingerprint density at radius 1 is 0.970 bits per heavy atom. The second kappa shape index (κ2) is 6.81. The molecule has 33 heavy (non-hydrogen) atoms. The van der Waals surface area contributed by atoms with E-state index in [-0.39, 0.29) is 11.3 Å². The van der Waals surface area contributed by atoms with Crippen LogP contribution in [0.4, 0.5) is 5.69 Å². The molecule has 0 radical (unpaired) electrons. The van der Waals surface area contributed by atoms with E-state index in [0.717, 1.165) is 28.9 Å². The maximum atomic E-state index is 12.5. The van der Waals surface area contributed by atoms with Gasteiger partial charge in [-0.2, -0.15) is 0 Å². The van der Waals surface area contributed by atoms with Crippen molar-refractivity contribution in [3.8, 4) is 11.1 Å². The summed E-state index contributed by atoms with van der Waals surface area (Å²) in [6.45, 7) is 1.87. The molecule has 172 valence electrons. The van der Waals surface area contributed by atoms with Crippen LogP contribution in [0.15, 0.2) is 42.5 Å². The van der Waals surface area contributed by atoms with Gasteiger partial charge < -0.3 is 20.1 Å². The van der Waals surface area contributed by atoms with Crippen molar-refractivity contribution >= 4 is 17.6 Å². The van der Waals surface area contributed by atoms with Gasteiger partial charge in [0.05, 0.1) is 11.1 Å². The first-order valence-corrected chi connectivity index (χ1v) is 11.7. The van der Waals surface area contributed by atoms with Gasteiger partial charge in [0.2, 0.25) is 0 Å². The summed E-state index contributed by atoms with van der Waals surface area (Å²) in [7, 11) is 2.01. The van der Waals surface area contributed by atoms with Gasteiger partial charge in [-0.25, -0.2) is 5.43 Å². The quantitative estimate of drug-likeness (QED) is 0.667. The van der Waals surface area contributed by atoms with E-state index in [2.05, 4.69) is 23.6 Å². The van der Waals surface area contributed by atoms with Crippen LogP contribution in [0, 0.1) is 5.41 Å². The Labute approximate surface area is 193 Å². The molecule has 2 aromatic rings. The van der Waals surface area contributed by atoms with Crippen molar-refractivity contribution in [3.63, 3.8) is 0 Å². The number of aliphatic carboxylic acids is 1. The third-order valence-corrected chi connectivity index (χ3v) is 8.54. The van der Waals surface area contributed by atoms with Crippen LogP contribution in [-0.4, -0.2) is 52.7 Å². The van der Waals surface area contributed by atoms with Crippen LogP contribution in [0.2, 0.25) is 0 Å². The molecule has 2 aliphatic heterocycles. The number of hydrogen-bond acceptors (Lipinski definition) is 5. The van der Waals surface area contributed by atoms with Gasteiger partial charge in [0, 0.05) is 26.7 Å². The highest BCUT2D eigenvalue weighted by atomic mass is 16.4. The largest absolute Gasteiger partial charge is 0.481 e. The van der Waals surface area contributed by atoms with Crippen molar-refractivity contribution < 1.29 is 19.8 Å². The maximum absolute atomic E-state index is 12.5. The average molecular weight is 448 g/mol. The number of piperidine rings is 1. The highest BCUT2D eigenvalue weighted by Gasteiger charge is 2.73. The van der Waals surface area contributed by atoms with Gasteiger partial charge in [0.25, 0.3) is 5.91 Å². The van der Waals surface area contributed by atoms with E-state index in [1.165, 1.54) is 5.56 Å². The van der Waals surface area contributed by atoms with Crippen LogP contribution < -0.4 is 10.4 Å². The summed E-state index contributed by atoms with van der Waals surface area (Å²) in [5.41, 5.74) is 6.38. The van der Waals surface area contributed by atoms with Gasteiger partial charge in [-0.1, -0.05) is 36.4 Å². The van der Waals surface area contributed by atoms with Gasteiger partial charge in [-0.3, -0.25) is 9.59 Å². The number of carbonyl (C=O) groups is 2. The van der Waals surface area contributed by atoms with E-state index in [1.54, 1.807) is 4.90 Å². The number of rotatable bonds is 4. The summed E-state index contributed by atoms with van der Waals surface area (Å²) >= 11 is 0. The summed E-state index contributed by atoms with van der Waals surface area (Å²) in [4.78, 5) is 26.8. The number of hydrazine groups is 1. The van der Waals surface area contributed by atoms with Gasteiger partial charge in [-0.05, 0) is 65.8 Å². The molecule has 0 unspecified atom stereocenters. The van der Waals surface area contributed by atoms with Crippen molar-refractivity contribution in [2.45, 2.75) is 49.7 Å². The van der Waals surface area contributed by atoms with Crippen molar-refractivity contribution in [1.29, 1.82) is 0 Å². The lowest BCUT2D eigenvalue weighted by atomic mass is 9.79. The second-order valence-corrected chi connectivity index (χ2v) is 10.3. The SMILES string of the molecule is CN1NCc2ccc(-c3ccc([C@@]4(C(=O)O)CC45CCN(C(=O)C4(O)CC4)CC5)cc3)cc21. The molecule has 2 aromatic carbocycles. The lowest BCUT2D eigenvalue weighted by Crippen LogP contribution is -2.47. The molecule has 7 nitrogen and oxygen atoms in total. The lowest BCUT2D eigenvalue weighted by molar-refractivity contribution is -0.145. The fraction of sp³-hybridized carbons (Fsp3) is 0.462. The Bertz CT molecular complexity index is 1150. The molecular weight excluding hydrogens is 418 g/mol. The average Bonchev–Trinajstić information content (AvgIpc) is 3.70. The molecule has 0 aromatic heterocycles. The van der Waals surface area contributed by atoms with Crippen LogP contribution in [0.25, 0.3) is 11.1 Å². The first-order valence-electron chi connectivity index (χ1n) is 11.7. The first-order chi connectivity index (χ1) is 15.8. The van der Waals surface area contributed by atoms with Gasteiger partial charge in [-0.15, -0.1) is 0 Å². The molecule has 1 amide bonds. The predicted octanol–water partition coefficient (Wildman–Crippen LogP) is 2.67. The van der Waals surface area contributed by atoms with Crippen molar-refractivity contribution in [2.24, 2.45) is 5.41 Å². The number of nitrogens with one attached hydrogen (secondary N) is 1. The van der Waals surface area contributed by atoms with E-state index < -0.39 is 17.0 Å². The molecule has 7 heteroatoms. The number of hydrogen-bond donors (Lipinski definition) is 3. The number of carboxylic acid groups (broad SMARTS) is 1. The smallest absolute Gasteiger partial charge is 0.314 e. The molecule has 6 rings (SSSR count). The molecule has 2 saturated carbocycles. The van der Waals surface area contributed by atoms with Crippen LogP contribution in [0.3, 0.4) is 0 Å². The van der Waals surface area contributed by atoms with E-state index in [4.69, 9.17) is 0 Å². The van der Waals surface area contributed by atoms with Gasteiger partial charge in [0.1, 0.15) is 5.60 Å². The number of benzene rings is 2. The van der Waals surface area contributed by atoms with E-state index in [1.807, 2.05) is 36.3 Å². The molecule has 2 aliphatic carbocycles. The fourth-order valence-corrected chi connectivity index (χ4v) is 6.11. The second-order valence-electron chi connectivity index (χ2n) is 10.3. The number of amides is 1. The Balaban J connectivity index is 1.23. The monoisotopic (exact) mass is 447 g/mol. The normalized spacial score (nSPS) is 26.2. The number of carbonyl (C=O) groups excluding carboxylic acids is 1. The molecular formula is C26H29N3O4. The van der Waals surface area contributed by atoms with Gasteiger partial charge in [0.15, 0.2) is 0 Å². The maximum Gasteiger partial charge on any atom is 0.314 e. The third-order valence-electron chi connectivity index (χ3n) is 8.54. The lowest BCUT2D eigenvalue weighted by Gasteiger charge is -2.36. The third kappa shape index (κ3) is 2.95. The van der Waals surface area contributed by atoms with Crippen molar-refractivity contribution in [1.82, 2.24) is 10.3 Å². The highest BCUT2D eigenvalue weighted by molar-refractivity contribution is 5.89. The van der Waals surface area contributed by atoms with Gasteiger partial charge >= 0.3 is 5.97 Å². The standard InChI is InChI=1S/C26H29N3O4/c1-28-21-14-18(2-3-19(21)15-27-28)17-4-6-20(7-5-17)26(23(31)32)16-24(26)10-12-29(13-11-24)22(30)25(33)8-9-25/h2-7,14,27,33H,8-13,15-16H2,1H3,(H,31,32)/t26-/m1/s1. The number of likely N-dealkylation sites (tertiary alicyclic amines) is 1. The minimum Gasteiger partial charge on any atom is -0.481 e. The zero-order valence-electron chi connectivity index (χ0n) is 18.8. The molecule has 1 saturated heterocycles. The van der Waals surface area contributed by atoms with Crippen molar-refractivity contribution in [3.05, 3.63) is 53.6 Å². The summed E-state index contributed by atoms with van der Waals surface area (Å²) in [6.07, 6.45) is 3.00. The van der Waals surface area contributed by atoms with E-state index in [0.29, 0.717) is 45.2 Å². The van der Waals surface area contributed by atoms with Crippen LogP contribution in [-0.2, 0) is 21.5 Å². The van der Waals surface area contributed by atoms with Crippen molar-refractivity contribution in [2.75, 3.05) is 25.1 Å². The summed E-state index contributed by atoms with van der Waals surface area (Å²) in [6, 6.07) is 14.4. The Hall–Kier alpha value is -2.90. The molecule has 0 bridgehead atoms. The topological polar surface area (TPSA) is 93.1 Å². The number of fused-ring (bicyclic) bond motifs is 1. The molecule has 4 aliphatic rings. The van der Waals surface area contributed by atoms with Crippen LogP contribution in [0.5, 0.6) is 0 Å². The summed E-state index contributed by atoms with van der Waals surface area (Å²) < 4.78 is 0. The zero-order chi connectivity index (χ0) is 23.0.